The second-order valence-electron chi connectivity index (χ2n) is 5.09. The van der Waals surface area contributed by atoms with Crippen molar-refractivity contribution in [3.63, 3.8) is 0 Å². The maximum absolute atomic E-state index is 12.6. The molecule has 1 heterocycles. The first-order valence-corrected chi connectivity index (χ1v) is 8.43. The van der Waals surface area contributed by atoms with Crippen molar-refractivity contribution < 1.29 is 4.79 Å². The van der Waals surface area contributed by atoms with Gasteiger partial charge in [-0.05, 0) is 30.9 Å². The maximum atomic E-state index is 12.6. The Hall–Kier alpha value is -2.15. The number of nitrogens with one attached hydrogen (secondary N) is 1. The molecular formula is C16H21N5OS. The van der Waals surface area contributed by atoms with Crippen molar-refractivity contribution in [2.75, 3.05) is 11.1 Å². The number of benzene rings is 1. The minimum atomic E-state index is -0.291. The Kier molecular flexibility index (Phi) is 5.92. The Morgan fingerprint density at radius 1 is 1.35 bits per heavy atom. The zero-order valence-electron chi connectivity index (χ0n) is 13.5. The SMILES string of the molecule is CCc1cccc(C)c1NC(=O)C(CC)Sc1ncnc(N)n1. The molecule has 1 amide bonds. The van der Waals surface area contributed by atoms with Crippen molar-refractivity contribution in [2.45, 2.75) is 44.0 Å². The van der Waals surface area contributed by atoms with Gasteiger partial charge in [0.15, 0.2) is 5.16 Å². The lowest BCUT2D eigenvalue weighted by molar-refractivity contribution is -0.115. The highest BCUT2D eigenvalue weighted by Crippen LogP contribution is 2.26. The molecule has 0 radical (unpaired) electrons. The number of nitrogens with zero attached hydrogens (tertiary/aromatic N) is 3. The molecule has 0 aliphatic rings. The number of nitrogen functional groups attached to an aromatic ring is 1. The van der Waals surface area contributed by atoms with Crippen molar-refractivity contribution in [2.24, 2.45) is 0 Å². The van der Waals surface area contributed by atoms with Gasteiger partial charge in [0.1, 0.15) is 6.33 Å². The van der Waals surface area contributed by atoms with E-state index in [-0.39, 0.29) is 17.1 Å². The number of carbonyl (C=O) groups excluding carboxylic acids is 1. The van der Waals surface area contributed by atoms with E-state index < -0.39 is 0 Å². The van der Waals surface area contributed by atoms with Gasteiger partial charge in [-0.3, -0.25) is 4.79 Å². The molecule has 2 rings (SSSR count). The van der Waals surface area contributed by atoms with Gasteiger partial charge in [-0.1, -0.05) is 43.8 Å². The second-order valence-corrected chi connectivity index (χ2v) is 6.26. The smallest absolute Gasteiger partial charge is 0.237 e. The summed E-state index contributed by atoms with van der Waals surface area (Å²) in [6, 6.07) is 6.03. The minimum absolute atomic E-state index is 0.0551. The standard InChI is InChI=1S/C16H21N5OS/c1-4-11-8-6-7-10(3)13(11)20-14(22)12(5-2)23-16-19-9-18-15(17)21-16/h6-9,12H,4-5H2,1-3H3,(H,20,22)(H2,17,18,19,21). The first-order chi connectivity index (χ1) is 11.0. The normalized spacial score (nSPS) is 12.0. The van der Waals surface area contributed by atoms with Gasteiger partial charge >= 0.3 is 0 Å². The molecule has 7 heteroatoms. The van der Waals surface area contributed by atoms with E-state index in [9.17, 15) is 4.79 Å². The fourth-order valence-corrected chi connectivity index (χ4v) is 3.05. The summed E-state index contributed by atoms with van der Waals surface area (Å²) >= 11 is 1.30. The third-order valence-corrected chi connectivity index (χ3v) is 4.71. The van der Waals surface area contributed by atoms with Crippen LogP contribution >= 0.6 is 11.8 Å². The van der Waals surface area contributed by atoms with Gasteiger partial charge in [-0.15, -0.1) is 0 Å². The molecule has 1 atom stereocenters. The number of carbonyl (C=O) groups is 1. The number of thioether (sulfide) groups is 1. The molecule has 1 aromatic heterocycles. The van der Waals surface area contributed by atoms with Crippen LogP contribution in [0, 0.1) is 6.92 Å². The van der Waals surface area contributed by atoms with E-state index in [2.05, 4.69) is 27.2 Å². The molecule has 0 saturated heterocycles. The summed E-state index contributed by atoms with van der Waals surface area (Å²) in [6.45, 7) is 6.03. The maximum Gasteiger partial charge on any atom is 0.237 e. The highest BCUT2D eigenvalue weighted by atomic mass is 32.2. The molecule has 0 spiro atoms. The molecule has 6 nitrogen and oxygen atoms in total. The molecule has 0 bridgehead atoms. The quantitative estimate of drug-likeness (QED) is 0.791. The summed E-state index contributed by atoms with van der Waals surface area (Å²) in [6.07, 6.45) is 2.88. The molecule has 0 aliphatic heterocycles. The van der Waals surface area contributed by atoms with Gasteiger partial charge in [-0.25, -0.2) is 9.97 Å². The van der Waals surface area contributed by atoms with Crippen molar-refractivity contribution in [1.29, 1.82) is 0 Å². The Balaban J connectivity index is 2.15. The van der Waals surface area contributed by atoms with Gasteiger partial charge in [0, 0.05) is 5.69 Å². The summed E-state index contributed by atoms with van der Waals surface area (Å²) in [5.41, 5.74) is 8.64. The number of nitrogens with two attached hydrogens (primary N) is 1. The van der Waals surface area contributed by atoms with E-state index in [4.69, 9.17) is 5.73 Å². The molecule has 2 aromatic rings. The van der Waals surface area contributed by atoms with Crippen LogP contribution in [0.4, 0.5) is 11.6 Å². The molecule has 0 aliphatic carbocycles. The number of hydrogen-bond donors (Lipinski definition) is 2. The number of aromatic nitrogens is 3. The van der Waals surface area contributed by atoms with E-state index in [0.29, 0.717) is 11.6 Å². The van der Waals surface area contributed by atoms with E-state index in [1.165, 1.54) is 18.1 Å². The molecule has 1 unspecified atom stereocenters. The van der Waals surface area contributed by atoms with E-state index in [1.807, 2.05) is 32.0 Å². The highest BCUT2D eigenvalue weighted by Gasteiger charge is 2.21. The van der Waals surface area contributed by atoms with Crippen LogP contribution in [0.1, 0.15) is 31.4 Å². The fraction of sp³-hybridized carbons (Fsp3) is 0.375. The van der Waals surface area contributed by atoms with E-state index in [0.717, 1.165) is 23.2 Å². The Morgan fingerprint density at radius 2 is 2.13 bits per heavy atom. The highest BCUT2D eigenvalue weighted by molar-refractivity contribution is 8.00. The molecule has 3 N–H and O–H groups in total. The predicted octanol–water partition coefficient (Wildman–Crippen LogP) is 2.83. The zero-order chi connectivity index (χ0) is 16.8. The van der Waals surface area contributed by atoms with E-state index >= 15 is 0 Å². The molecular weight excluding hydrogens is 310 g/mol. The number of amides is 1. The molecule has 23 heavy (non-hydrogen) atoms. The monoisotopic (exact) mass is 331 g/mol. The average Bonchev–Trinajstić information content (AvgIpc) is 2.54. The number of para-hydroxylation sites is 1. The number of hydrogen-bond acceptors (Lipinski definition) is 6. The van der Waals surface area contributed by atoms with Crippen LogP contribution in [0.2, 0.25) is 0 Å². The third kappa shape index (κ3) is 4.41. The van der Waals surface area contributed by atoms with Crippen LogP contribution in [0.15, 0.2) is 29.7 Å². The molecule has 1 aromatic carbocycles. The van der Waals surface area contributed by atoms with Crippen LogP contribution in [0.3, 0.4) is 0 Å². The zero-order valence-corrected chi connectivity index (χ0v) is 14.4. The summed E-state index contributed by atoms with van der Waals surface area (Å²) in [5.74, 6) is 0.102. The van der Waals surface area contributed by atoms with Crippen molar-refractivity contribution in [3.8, 4) is 0 Å². The Morgan fingerprint density at radius 3 is 2.78 bits per heavy atom. The average molecular weight is 331 g/mol. The van der Waals surface area contributed by atoms with Gasteiger partial charge in [0.25, 0.3) is 0 Å². The van der Waals surface area contributed by atoms with Crippen LogP contribution in [0.5, 0.6) is 0 Å². The Labute approximate surface area is 140 Å². The summed E-state index contributed by atoms with van der Waals surface area (Å²) in [5, 5.41) is 3.22. The van der Waals surface area contributed by atoms with Gasteiger partial charge < -0.3 is 11.1 Å². The third-order valence-electron chi connectivity index (χ3n) is 3.47. The van der Waals surface area contributed by atoms with Crippen LogP contribution in [-0.4, -0.2) is 26.1 Å². The number of anilines is 2. The van der Waals surface area contributed by atoms with Crippen LogP contribution in [-0.2, 0) is 11.2 Å². The summed E-state index contributed by atoms with van der Waals surface area (Å²) in [4.78, 5) is 24.5. The fourth-order valence-electron chi connectivity index (χ4n) is 2.21. The summed E-state index contributed by atoms with van der Waals surface area (Å²) < 4.78 is 0. The lowest BCUT2D eigenvalue weighted by Gasteiger charge is -2.17. The van der Waals surface area contributed by atoms with Gasteiger partial charge in [0.2, 0.25) is 11.9 Å². The van der Waals surface area contributed by atoms with Crippen molar-refractivity contribution in [1.82, 2.24) is 15.0 Å². The number of aryl methyl sites for hydroxylation is 2. The predicted molar refractivity (Wildman–Crippen MR) is 93.4 cm³/mol. The van der Waals surface area contributed by atoms with Crippen LogP contribution < -0.4 is 11.1 Å². The topological polar surface area (TPSA) is 93.8 Å². The lowest BCUT2D eigenvalue weighted by atomic mass is 10.1. The lowest BCUT2D eigenvalue weighted by Crippen LogP contribution is -2.26. The largest absolute Gasteiger partial charge is 0.368 e. The van der Waals surface area contributed by atoms with Crippen molar-refractivity contribution in [3.05, 3.63) is 35.7 Å². The van der Waals surface area contributed by atoms with Crippen molar-refractivity contribution >= 4 is 29.3 Å². The van der Waals surface area contributed by atoms with Crippen LogP contribution in [0.25, 0.3) is 0 Å². The summed E-state index contributed by atoms with van der Waals surface area (Å²) in [7, 11) is 0. The van der Waals surface area contributed by atoms with Gasteiger partial charge in [0.05, 0.1) is 5.25 Å². The Bertz CT molecular complexity index is 692. The first kappa shape index (κ1) is 17.2. The minimum Gasteiger partial charge on any atom is -0.368 e. The molecule has 122 valence electrons. The molecule has 0 fully saturated rings. The first-order valence-electron chi connectivity index (χ1n) is 7.55. The van der Waals surface area contributed by atoms with Gasteiger partial charge in [-0.2, -0.15) is 4.98 Å². The van der Waals surface area contributed by atoms with E-state index in [1.54, 1.807) is 0 Å². The second kappa shape index (κ2) is 7.92. The molecule has 0 saturated carbocycles. The number of rotatable bonds is 6.